The number of benzene rings is 2. The standard InChI is InChI=1S/C39H49F2N7O8/c1-20-9-11-28(12-10-20)43-39(55)44-29(17-25-15-26(40)18-27(41)16-25)34(50)45-32-24(5)56-38(54)31-14-21(2)19-48(31)35(51)22(3)42-33(49)23(4)46(6)36(52)30-8-7-13-47(30)37(32)53/h9-12,15-16,18,21-24,29-32H,7-8,13-14,17,19H2,1-6H3,(H,42,49)(H,45,50)(H2,43,44,55)/t21-,22-,23-,24-,29-,30?,31?,32-/m0/s1. The van der Waals surface area contributed by atoms with Crippen LogP contribution in [0.4, 0.5) is 19.3 Å². The summed E-state index contributed by atoms with van der Waals surface area (Å²) in [6.45, 7) is 8.35. The molecule has 0 aromatic heterocycles. The van der Waals surface area contributed by atoms with Gasteiger partial charge in [-0.1, -0.05) is 24.6 Å². The van der Waals surface area contributed by atoms with Crippen molar-refractivity contribution in [3.05, 3.63) is 65.2 Å². The van der Waals surface area contributed by atoms with Crippen LogP contribution in [0.5, 0.6) is 0 Å². The van der Waals surface area contributed by atoms with Gasteiger partial charge in [-0.2, -0.15) is 0 Å². The number of carbonyl (C=O) groups excluding carboxylic acids is 7. The van der Waals surface area contributed by atoms with Crippen molar-refractivity contribution in [2.45, 2.75) is 103 Å². The van der Waals surface area contributed by atoms with E-state index in [-0.39, 0.29) is 37.4 Å². The Morgan fingerprint density at radius 1 is 0.911 bits per heavy atom. The van der Waals surface area contributed by atoms with Gasteiger partial charge in [-0.05, 0) is 82.7 Å². The molecule has 302 valence electrons. The fraction of sp³-hybridized carbons (Fsp3) is 0.513. The van der Waals surface area contributed by atoms with Crippen molar-refractivity contribution in [3.8, 4) is 0 Å². The Hall–Kier alpha value is -5.61. The molecule has 0 aliphatic carbocycles. The summed E-state index contributed by atoms with van der Waals surface area (Å²) in [5.74, 6) is -6.26. The number of halogens is 2. The zero-order valence-electron chi connectivity index (χ0n) is 32.3. The van der Waals surface area contributed by atoms with Gasteiger partial charge in [0, 0.05) is 38.3 Å². The molecule has 3 heterocycles. The molecule has 3 saturated heterocycles. The number of amides is 7. The zero-order chi connectivity index (χ0) is 41.0. The molecule has 56 heavy (non-hydrogen) atoms. The number of fused-ring (bicyclic) bond motifs is 2. The van der Waals surface area contributed by atoms with E-state index in [1.165, 1.54) is 42.5 Å². The van der Waals surface area contributed by atoms with Crippen LogP contribution in [-0.4, -0.2) is 119 Å². The Bertz CT molecular complexity index is 1840. The van der Waals surface area contributed by atoms with Gasteiger partial charge in [0.1, 0.15) is 54.0 Å². The van der Waals surface area contributed by atoms with Crippen LogP contribution in [0.3, 0.4) is 0 Å². The number of nitrogens with zero attached hydrogens (tertiary/aromatic N) is 3. The van der Waals surface area contributed by atoms with Crippen LogP contribution in [0, 0.1) is 24.5 Å². The molecular weight excluding hydrogens is 732 g/mol. The molecule has 15 nitrogen and oxygen atoms in total. The molecule has 2 unspecified atom stereocenters. The van der Waals surface area contributed by atoms with Crippen molar-refractivity contribution < 1.29 is 47.1 Å². The lowest BCUT2D eigenvalue weighted by Gasteiger charge is -2.36. The van der Waals surface area contributed by atoms with Gasteiger partial charge in [-0.15, -0.1) is 0 Å². The van der Waals surface area contributed by atoms with Gasteiger partial charge in [0.15, 0.2) is 0 Å². The Morgan fingerprint density at radius 2 is 1.57 bits per heavy atom. The van der Waals surface area contributed by atoms with Crippen LogP contribution in [0.15, 0.2) is 42.5 Å². The number of carbonyl (C=O) groups is 7. The quantitative estimate of drug-likeness (QED) is 0.321. The van der Waals surface area contributed by atoms with E-state index >= 15 is 0 Å². The smallest absolute Gasteiger partial charge is 0.329 e. The van der Waals surface area contributed by atoms with Gasteiger partial charge in [0.2, 0.25) is 29.5 Å². The third kappa shape index (κ3) is 9.60. The number of hydrogen-bond acceptors (Lipinski definition) is 8. The summed E-state index contributed by atoms with van der Waals surface area (Å²) in [5, 5.41) is 10.4. The predicted octanol–water partition coefficient (Wildman–Crippen LogP) is 2.02. The highest BCUT2D eigenvalue weighted by Crippen LogP contribution is 2.27. The third-order valence-corrected chi connectivity index (χ3v) is 10.6. The summed E-state index contributed by atoms with van der Waals surface area (Å²) in [7, 11) is 1.41. The highest BCUT2D eigenvalue weighted by Gasteiger charge is 2.46. The van der Waals surface area contributed by atoms with Gasteiger partial charge in [-0.25, -0.2) is 18.4 Å². The lowest BCUT2D eigenvalue weighted by atomic mass is 10.0. The van der Waals surface area contributed by atoms with E-state index in [1.807, 2.05) is 13.8 Å². The minimum atomic E-state index is -1.63. The number of anilines is 1. The number of urea groups is 1. The molecule has 2 aromatic rings. The first-order valence-electron chi connectivity index (χ1n) is 18.7. The molecule has 3 aliphatic heterocycles. The molecule has 0 spiro atoms. The lowest BCUT2D eigenvalue weighted by Crippen LogP contribution is -2.62. The van der Waals surface area contributed by atoms with Gasteiger partial charge >= 0.3 is 12.0 Å². The predicted molar refractivity (Wildman–Crippen MR) is 199 cm³/mol. The minimum Gasteiger partial charge on any atom is -0.458 e. The van der Waals surface area contributed by atoms with Crippen LogP contribution in [0.1, 0.15) is 58.1 Å². The average molecular weight is 782 g/mol. The van der Waals surface area contributed by atoms with E-state index in [1.54, 1.807) is 24.3 Å². The fourth-order valence-electron chi connectivity index (χ4n) is 7.32. The molecule has 7 amide bonds. The second kappa shape index (κ2) is 17.5. The molecule has 17 heteroatoms. The van der Waals surface area contributed by atoms with Crippen molar-refractivity contribution in [2.75, 3.05) is 25.5 Å². The Labute approximate surface area is 323 Å². The van der Waals surface area contributed by atoms with Crippen LogP contribution in [-0.2, 0) is 39.9 Å². The largest absolute Gasteiger partial charge is 0.458 e. The number of ether oxygens (including phenoxy) is 1. The summed E-state index contributed by atoms with van der Waals surface area (Å²) < 4.78 is 34.4. The van der Waals surface area contributed by atoms with Crippen molar-refractivity contribution in [3.63, 3.8) is 0 Å². The number of hydrogen-bond donors (Lipinski definition) is 4. The first-order chi connectivity index (χ1) is 26.4. The fourth-order valence-corrected chi connectivity index (χ4v) is 7.32. The monoisotopic (exact) mass is 781 g/mol. The molecule has 5 rings (SSSR count). The highest BCUT2D eigenvalue weighted by molar-refractivity contribution is 5.98. The first kappa shape index (κ1) is 41.6. The Morgan fingerprint density at radius 3 is 2.23 bits per heavy atom. The van der Waals surface area contributed by atoms with Crippen molar-refractivity contribution >= 4 is 47.2 Å². The van der Waals surface area contributed by atoms with Gasteiger partial charge < -0.3 is 40.7 Å². The van der Waals surface area contributed by atoms with Gasteiger partial charge in [-0.3, -0.25) is 24.0 Å². The Balaban J connectivity index is 1.49. The third-order valence-electron chi connectivity index (χ3n) is 10.6. The van der Waals surface area contributed by atoms with E-state index < -0.39 is 102 Å². The minimum absolute atomic E-state index is 0.0165. The summed E-state index contributed by atoms with van der Waals surface area (Å²) in [6.07, 6.45) is -0.923. The van der Waals surface area contributed by atoms with Crippen LogP contribution < -0.4 is 21.3 Å². The SMILES string of the molecule is Cc1ccc(NC(=O)N[C@@H](Cc2cc(F)cc(F)c2)C(=O)N[C@@H]2C(=O)N3CCCC3C(=O)N(C)[C@@H](C)C(=O)N[C@@H](C)C(=O)N3C[C@@H](C)CC3C(=O)O[C@H]2C)cc1. The molecule has 0 bridgehead atoms. The molecule has 8 atom stereocenters. The number of esters is 1. The van der Waals surface area contributed by atoms with Crippen molar-refractivity contribution in [1.82, 2.24) is 30.7 Å². The number of likely N-dealkylation sites (N-methyl/N-ethyl adjacent to an activating group) is 1. The molecule has 2 aromatic carbocycles. The first-order valence-corrected chi connectivity index (χ1v) is 18.7. The molecule has 3 fully saturated rings. The maximum Gasteiger partial charge on any atom is 0.329 e. The molecular formula is C39H49F2N7O8. The lowest BCUT2D eigenvalue weighted by molar-refractivity contribution is -0.162. The van der Waals surface area contributed by atoms with E-state index in [0.717, 1.165) is 17.7 Å². The van der Waals surface area contributed by atoms with Crippen molar-refractivity contribution in [1.29, 1.82) is 0 Å². The van der Waals surface area contributed by atoms with E-state index in [4.69, 9.17) is 4.74 Å². The average Bonchev–Trinajstić information content (AvgIpc) is 3.79. The molecule has 0 radical (unpaired) electrons. The van der Waals surface area contributed by atoms with E-state index in [0.29, 0.717) is 18.2 Å². The van der Waals surface area contributed by atoms with Crippen LogP contribution in [0.2, 0.25) is 0 Å². The summed E-state index contributed by atoms with van der Waals surface area (Å²) in [5.41, 5.74) is 1.34. The van der Waals surface area contributed by atoms with Crippen molar-refractivity contribution in [2.24, 2.45) is 5.92 Å². The summed E-state index contributed by atoms with van der Waals surface area (Å²) in [6, 6.07) is 1.25. The molecule has 3 aliphatic rings. The van der Waals surface area contributed by atoms with E-state index in [2.05, 4.69) is 21.3 Å². The zero-order valence-corrected chi connectivity index (χ0v) is 32.3. The maximum absolute atomic E-state index is 14.5. The van der Waals surface area contributed by atoms with Crippen LogP contribution in [0.25, 0.3) is 0 Å². The normalized spacial score (nSPS) is 26.9. The highest BCUT2D eigenvalue weighted by atomic mass is 19.1. The summed E-state index contributed by atoms with van der Waals surface area (Å²) in [4.78, 5) is 100. The second-order valence-electron chi connectivity index (χ2n) is 15.0. The number of cyclic esters (lactones) is 1. The second-order valence-corrected chi connectivity index (χ2v) is 15.0. The van der Waals surface area contributed by atoms with Gasteiger partial charge in [0.05, 0.1) is 0 Å². The van der Waals surface area contributed by atoms with Gasteiger partial charge in [0.25, 0.3) is 0 Å². The molecule has 4 N–H and O–H groups in total. The maximum atomic E-state index is 14.5. The number of nitrogens with one attached hydrogen (secondary N) is 4. The molecule has 0 saturated carbocycles. The Kier molecular flexibility index (Phi) is 13.0. The topological polar surface area (TPSA) is 187 Å². The van der Waals surface area contributed by atoms with E-state index in [9.17, 15) is 42.3 Å². The number of rotatable bonds is 6. The summed E-state index contributed by atoms with van der Waals surface area (Å²) >= 11 is 0. The van der Waals surface area contributed by atoms with Crippen LogP contribution >= 0.6 is 0 Å². The number of aryl methyl sites for hydroxylation is 1.